The standard InChI is InChI=1S/C9H7ClN2O/c1-6-4-7(10)2-3-8(6)9(5-11)12-13/h2-4,13H,1H3/b12-9+. The molecule has 0 heterocycles. The first-order valence-corrected chi connectivity index (χ1v) is 3.95. The van der Waals surface area contributed by atoms with Crippen LogP contribution in [0.5, 0.6) is 0 Å². The van der Waals surface area contributed by atoms with E-state index in [4.69, 9.17) is 22.1 Å². The summed E-state index contributed by atoms with van der Waals surface area (Å²) in [5.41, 5.74) is 1.39. The van der Waals surface area contributed by atoms with Crippen molar-refractivity contribution in [3.05, 3.63) is 34.3 Å². The Kier molecular flexibility index (Phi) is 2.88. The van der Waals surface area contributed by atoms with Crippen LogP contribution in [0.3, 0.4) is 0 Å². The Morgan fingerprint density at radius 2 is 2.31 bits per heavy atom. The highest BCUT2D eigenvalue weighted by molar-refractivity contribution is 6.30. The summed E-state index contributed by atoms with van der Waals surface area (Å²) in [6.07, 6.45) is 0. The molecule has 1 aromatic rings. The maximum atomic E-state index is 8.60. The molecule has 0 saturated carbocycles. The highest BCUT2D eigenvalue weighted by Crippen LogP contribution is 2.15. The van der Waals surface area contributed by atoms with Gasteiger partial charge in [-0.05, 0) is 24.6 Å². The maximum absolute atomic E-state index is 8.60. The number of oxime groups is 1. The lowest BCUT2D eigenvalue weighted by molar-refractivity contribution is 0.320. The molecule has 0 unspecified atom stereocenters. The van der Waals surface area contributed by atoms with Gasteiger partial charge in [0.15, 0.2) is 5.71 Å². The number of nitrogens with zero attached hydrogens (tertiary/aromatic N) is 2. The second-order valence-corrected chi connectivity index (χ2v) is 2.96. The molecule has 1 N–H and O–H groups in total. The number of benzene rings is 1. The molecule has 0 bridgehead atoms. The van der Waals surface area contributed by atoms with Crippen molar-refractivity contribution in [2.75, 3.05) is 0 Å². The largest absolute Gasteiger partial charge is 0.410 e. The van der Waals surface area contributed by atoms with Gasteiger partial charge in [0.2, 0.25) is 0 Å². The van der Waals surface area contributed by atoms with E-state index in [9.17, 15) is 0 Å². The van der Waals surface area contributed by atoms with Crippen LogP contribution in [0.2, 0.25) is 5.02 Å². The van der Waals surface area contributed by atoms with Crippen LogP contribution in [0.1, 0.15) is 11.1 Å². The number of hydrogen-bond acceptors (Lipinski definition) is 3. The minimum atomic E-state index is -0.00540. The fourth-order valence-electron chi connectivity index (χ4n) is 1.03. The normalized spacial score (nSPS) is 11.0. The Morgan fingerprint density at radius 3 is 2.77 bits per heavy atom. The van der Waals surface area contributed by atoms with Crippen molar-refractivity contribution in [2.45, 2.75) is 6.92 Å². The molecule has 4 heteroatoms. The van der Waals surface area contributed by atoms with Gasteiger partial charge in [0.25, 0.3) is 0 Å². The second-order valence-electron chi connectivity index (χ2n) is 2.52. The molecule has 0 radical (unpaired) electrons. The van der Waals surface area contributed by atoms with Gasteiger partial charge in [-0.2, -0.15) is 5.26 Å². The van der Waals surface area contributed by atoms with E-state index in [0.29, 0.717) is 10.6 Å². The van der Waals surface area contributed by atoms with Gasteiger partial charge in [-0.25, -0.2) is 0 Å². The predicted molar refractivity (Wildman–Crippen MR) is 50.1 cm³/mol. The Labute approximate surface area is 80.9 Å². The average molecular weight is 195 g/mol. The van der Waals surface area contributed by atoms with Gasteiger partial charge in [0.1, 0.15) is 6.07 Å². The summed E-state index contributed by atoms with van der Waals surface area (Å²) in [4.78, 5) is 0. The molecule has 1 rings (SSSR count). The molecule has 1 aromatic carbocycles. The average Bonchev–Trinajstić information content (AvgIpc) is 2.10. The smallest absolute Gasteiger partial charge is 0.186 e. The Bertz CT molecular complexity index is 393. The van der Waals surface area contributed by atoms with Crippen LogP contribution in [0.15, 0.2) is 23.4 Å². The van der Waals surface area contributed by atoms with Crippen molar-refractivity contribution in [1.82, 2.24) is 0 Å². The molecule has 0 saturated heterocycles. The van der Waals surface area contributed by atoms with Crippen LogP contribution in [0.25, 0.3) is 0 Å². The van der Waals surface area contributed by atoms with Crippen LogP contribution in [-0.4, -0.2) is 10.9 Å². The van der Waals surface area contributed by atoms with Crippen LogP contribution < -0.4 is 0 Å². The molecular weight excluding hydrogens is 188 g/mol. The van der Waals surface area contributed by atoms with E-state index < -0.39 is 0 Å². The summed E-state index contributed by atoms with van der Waals surface area (Å²) in [7, 11) is 0. The molecule has 0 aliphatic carbocycles. The van der Waals surface area contributed by atoms with E-state index in [-0.39, 0.29) is 5.71 Å². The van der Waals surface area contributed by atoms with Gasteiger partial charge in [-0.3, -0.25) is 0 Å². The van der Waals surface area contributed by atoms with Gasteiger partial charge < -0.3 is 5.21 Å². The monoisotopic (exact) mass is 194 g/mol. The zero-order valence-electron chi connectivity index (χ0n) is 6.95. The van der Waals surface area contributed by atoms with Crippen LogP contribution in [-0.2, 0) is 0 Å². The lowest BCUT2D eigenvalue weighted by Gasteiger charge is -2.01. The molecule has 0 spiro atoms. The van der Waals surface area contributed by atoms with E-state index in [1.807, 2.05) is 0 Å². The van der Waals surface area contributed by atoms with E-state index >= 15 is 0 Å². The molecule has 0 fully saturated rings. The Morgan fingerprint density at radius 1 is 1.62 bits per heavy atom. The van der Waals surface area contributed by atoms with Crippen molar-refractivity contribution in [3.63, 3.8) is 0 Å². The quantitative estimate of drug-likeness (QED) is 0.424. The van der Waals surface area contributed by atoms with E-state index in [0.717, 1.165) is 5.56 Å². The maximum Gasteiger partial charge on any atom is 0.186 e. The lowest BCUT2D eigenvalue weighted by Crippen LogP contribution is -1.99. The lowest BCUT2D eigenvalue weighted by atomic mass is 10.1. The first-order valence-electron chi connectivity index (χ1n) is 3.57. The SMILES string of the molecule is Cc1cc(Cl)ccc1/C(C#N)=N/O. The van der Waals surface area contributed by atoms with E-state index in [1.165, 1.54) is 0 Å². The zero-order valence-corrected chi connectivity index (χ0v) is 7.71. The highest BCUT2D eigenvalue weighted by atomic mass is 35.5. The van der Waals surface area contributed by atoms with Gasteiger partial charge >= 0.3 is 0 Å². The molecule has 0 aromatic heterocycles. The van der Waals surface area contributed by atoms with Crippen LogP contribution >= 0.6 is 11.6 Å². The Hall–Kier alpha value is -1.53. The number of nitriles is 1. The zero-order chi connectivity index (χ0) is 9.84. The second kappa shape index (κ2) is 3.92. The number of halogens is 1. The predicted octanol–water partition coefficient (Wildman–Crippen LogP) is 2.35. The van der Waals surface area contributed by atoms with E-state index in [2.05, 4.69) is 5.16 Å². The minimum Gasteiger partial charge on any atom is -0.410 e. The summed E-state index contributed by atoms with van der Waals surface area (Å²) in [5.74, 6) is 0. The van der Waals surface area contributed by atoms with Gasteiger partial charge in [0.05, 0.1) is 0 Å². The number of hydrogen-bond donors (Lipinski definition) is 1. The van der Waals surface area contributed by atoms with Gasteiger partial charge in [0, 0.05) is 10.6 Å². The molecule has 0 aliphatic rings. The third-order valence-electron chi connectivity index (χ3n) is 1.65. The molecule has 0 atom stereocenters. The molecular formula is C9H7ClN2O. The summed E-state index contributed by atoms with van der Waals surface area (Å²) < 4.78 is 0. The van der Waals surface area contributed by atoms with Gasteiger partial charge in [-0.1, -0.05) is 22.8 Å². The summed E-state index contributed by atoms with van der Waals surface area (Å²) in [5, 5.41) is 20.6. The van der Waals surface area contributed by atoms with E-state index in [1.54, 1.807) is 31.2 Å². The molecule has 0 aliphatic heterocycles. The number of aryl methyl sites for hydroxylation is 1. The molecule has 3 nitrogen and oxygen atoms in total. The molecule has 13 heavy (non-hydrogen) atoms. The van der Waals surface area contributed by atoms with Gasteiger partial charge in [-0.15, -0.1) is 0 Å². The number of rotatable bonds is 1. The fraction of sp³-hybridized carbons (Fsp3) is 0.111. The summed E-state index contributed by atoms with van der Waals surface area (Å²) in [6.45, 7) is 1.80. The molecule has 0 amide bonds. The van der Waals surface area contributed by atoms with Crippen LogP contribution in [0, 0.1) is 18.3 Å². The summed E-state index contributed by atoms with van der Waals surface area (Å²) in [6, 6.07) is 6.79. The summed E-state index contributed by atoms with van der Waals surface area (Å²) >= 11 is 5.72. The van der Waals surface area contributed by atoms with Crippen molar-refractivity contribution < 1.29 is 5.21 Å². The Balaban J connectivity index is 3.25. The first-order chi connectivity index (χ1) is 6.19. The topological polar surface area (TPSA) is 56.4 Å². The van der Waals surface area contributed by atoms with Crippen molar-refractivity contribution in [2.24, 2.45) is 5.16 Å². The minimum absolute atomic E-state index is 0.00540. The third kappa shape index (κ3) is 1.98. The van der Waals surface area contributed by atoms with Crippen LogP contribution in [0.4, 0.5) is 0 Å². The third-order valence-corrected chi connectivity index (χ3v) is 1.88. The van der Waals surface area contributed by atoms with Crippen molar-refractivity contribution in [1.29, 1.82) is 5.26 Å². The van der Waals surface area contributed by atoms with Crippen molar-refractivity contribution in [3.8, 4) is 6.07 Å². The molecule has 66 valence electrons. The van der Waals surface area contributed by atoms with Crippen molar-refractivity contribution >= 4 is 17.3 Å². The fourth-order valence-corrected chi connectivity index (χ4v) is 1.26. The highest BCUT2D eigenvalue weighted by Gasteiger charge is 2.06. The first kappa shape index (κ1) is 9.56.